The topological polar surface area (TPSA) is 29.3 Å². The summed E-state index contributed by atoms with van der Waals surface area (Å²) < 4.78 is 0. The summed E-state index contributed by atoms with van der Waals surface area (Å²) in [6.07, 6.45) is 0. The number of benzene rings is 1. The molecule has 0 amide bonds. The first-order valence-corrected chi connectivity index (χ1v) is 7.16. The molecule has 0 aliphatic heterocycles. The summed E-state index contributed by atoms with van der Waals surface area (Å²) in [4.78, 5) is 2.33. The van der Waals surface area contributed by atoms with Gasteiger partial charge in [-0.15, -0.1) is 12.4 Å². The van der Waals surface area contributed by atoms with Crippen molar-refractivity contribution < 1.29 is 0 Å². The van der Waals surface area contributed by atoms with Crippen LogP contribution in [-0.4, -0.2) is 23.7 Å². The van der Waals surface area contributed by atoms with E-state index in [1.165, 1.54) is 5.69 Å². The molecule has 0 spiro atoms. The molecule has 0 radical (unpaired) electrons. The van der Waals surface area contributed by atoms with E-state index in [1.807, 2.05) is 13.0 Å². The summed E-state index contributed by atoms with van der Waals surface area (Å²) in [5, 5.41) is 1.95. The van der Waals surface area contributed by atoms with Crippen molar-refractivity contribution in [3.8, 4) is 0 Å². The van der Waals surface area contributed by atoms with E-state index in [0.29, 0.717) is 0 Å². The molecule has 0 heterocycles. The van der Waals surface area contributed by atoms with Crippen LogP contribution in [0.2, 0.25) is 0 Å². The third kappa shape index (κ3) is 4.52. The minimum Gasteiger partial charge on any atom is -0.399 e. The van der Waals surface area contributed by atoms with Crippen molar-refractivity contribution in [1.29, 1.82) is 0 Å². The SMILES string of the molecule is Cc1cc(N(CCBr)CCBr)ccc1N.Cl. The number of rotatable bonds is 5. The van der Waals surface area contributed by atoms with Gasteiger partial charge in [0.25, 0.3) is 0 Å². The van der Waals surface area contributed by atoms with Crippen LogP contribution in [-0.2, 0) is 0 Å². The lowest BCUT2D eigenvalue weighted by molar-refractivity contribution is 0.884. The van der Waals surface area contributed by atoms with E-state index in [-0.39, 0.29) is 12.4 Å². The molecule has 5 heteroatoms. The summed E-state index contributed by atoms with van der Waals surface area (Å²) >= 11 is 6.94. The Morgan fingerprint density at radius 2 is 1.75 bits per heavy atom. The van der Waals surface area contributed by atoms with Gasteiger partial charge in [0, 0.05) is 35.1 Å². The first kappa shape index (κ1) is 16.1. The molecule has 0 aliphatic carbocycles. The fourth-order valence-electron chi connectivity index (χ4n) is 1.43. The van der Waals surface area contributed by atoms with Gasteiger partial charge in [-0.25, -0.2) is 0 Å². The molecule has 92 valence electrons. The molecule has 0 atom stereocenters. The molecule has 2 N–H and O–H groups in total. The Bertz CT molecular complexity index is 315. The van der Waals surface area contributed by atoms with Crippen molar-refractivity contribution in [2.24, 2.45) is 0 Å². The smallest absolute Gasteiger partial charge is 0.0370 e. The van der Waals surface area contributed by atoms with Gasteiger partial charge < -0.3 is 10.6 Å². The van der Waals surface area contributed by atoms with Gasteiger partial charge in [0.2, 0.25) is 0 Å². The highest BCUT2D eigenvalue weighted by atomic mass is 79.9. The van der Waals surface area contributed by atoms with Crippen LogP contribution in [0.1, 0.15) is 5.56 Å². The maximum absolute atomic E-state index is 5.80. The average molecular weight is 373 g/mol. The van der Waals surface area contributed by atoms with E-state index in [9.17, 15) is 0 Å². The Kier molecular flexibility index (Phi) is 8.24. The van der Waals surface area contributed by atoms with Gasteiger partial charge in [-0.2, -0.15) is 0 Å². The Hall–Kier alpha value is 0.0700. The summed E-state index contributed by atoms with van der Waals surface area (Å²) in [7, 11) is 0. The lowest BCUT2D eigenvalue weighted by Gasteiger charge is -2.23. The summed E-state index contributed by atoms with van der Waals surface area (Å²) in [6, 6.07) is 6.19. The van der Waals surface area contributed by atoms with Gasteiger partial charge in [-0.3, -0.25) is 0 Å². The standard InChI is InChI=1S/C11H16Br2N2.ClH/c1-9-8-10(2-3-11(9)14)15(6-4-12)7-5-13;/h2-3,8H,4-7,14H2,1H3;1H. The summed E-state index contributed by atoms with van der Waals surface area (Å²) in [5.41, 5.74) is 9.03. The zero-order valence-corrected chi connectivity index (χ0v) is 13.2. The molecule has 0 aromatic heterocycles. The molecule has 0 saturated carbocycles. The van der Waals surface area contributed by atoms with E-state index in [2.05, 4.69) is 48.9 Å². The van der Waals surface area contributed by atoms with Crippen molar-refractivity contribution in [1.82, 2.24) is 0 Å². The molecule has 1 aromatic carbocycles. The van der Waals surface area contributed by atoms with Crippen LogP contribution in [0.5, 0.6) is 0 Å². The molecule has 0 unspecified atom stereocenters. The highest BCUT2D eigenvalue weighted by Crippen LogP contribution is 2.20. The Labute approximate surface area is 120 Å². The molecule has 2 nitrogen and oxygen atoms in total. The Morgan fingerprint density at radius 1 is 1.19 bits per heavy atom. The number of anilines is 2. The fraction of sp³-hybridized carbons (Fsp3) is 0.455. The monoisotopic (exact) mass is 370 g/mol. The normalized spacial score (nSPS) is 9.69. The number of alkyl halides is 2. The minimum absolute atomic E-state index is 0. The molecular formula is C11H17Br2ClN2. The maximum Gasteiger partial charge on any atom is 0.0370 e. The van der Waals surface area contributed by atoms with Crippen LogP contribution >= 0.6 is 44.3 Å². The third-order valence-electron chi connectivity index (χ3n) is 2.33. The second-order valence-electron chi connectivity index (χ2n) is 3.41. The highest BCUT2D eigenvalue weighted by molar-refractivity contribution is 9.09. The average Bonchev–Trinajstić information content (AvgIpc) is 2.22. The number of aryl methyl sites for hydroxylation is 1. The third-order valence-corrected chi connectivity index (χ3v) is 3.04. The highest BCUT2D eigenvalue weighted by Gasteiger charge is 2.05. The quantitative estimate of drug-likeness (QED) is 0.632. The van der Waals surface area contributed by atoms with Crippen LogP contribution < -0.4 is 10.6 Å². The Morgan fingerprint density at radius 3 is 2.19 bits per heavy atom. The molecule has 0 saturated heterocycles. The van der Waals surface area contributed by atoms with E-state index in [4.69, 9.17) is 5.73 Å². The largest absolute Gasteiger partial charge is 0.399 e. The van der Waals surface area contributed by atoms with E-state index < -0.39 is 0 Å². The molecule has 1 aromatic rings. The second-order valence-corrected chi connectivity index (χ2v) is 4.99. The van der Waals surface area contributed by atoms with E-state index >= 15 is 0 Å². The van der Waals surface area contributed by atoms with E-state index in [1.54, 1.807) is 0 Å². The van der Waals surface area contributed by atoms with Crippen molar-refractivity contribution in [3.05, 3.63) is 23.8 Å². The predicted molar refractivity (Wildman–Crippen MR) is 82.6 cm³/mol. The van der Waals surface area contributed by atoms with Crippen LogP contribution in [0.15, 0.2) is 18.2 Å². The van der Waals surface area contributed by atoms with Crippen molar-refractivity contribution in [2.75, 3.05) is 34.4 Å². The number of nitrogens with zero attached hydrogens (tertiary/aromatic N) is 1. The van der Waals surface area contributed by atoms with Crippen LogP contribution in [0.4, 0.5) is 11.4 Å². The van der Waals surface area contributed by atoms with Crippen molar-refractivity contribution in [3.63, 3.8) is 0 Å². The predicted octanol–water partition coefficient (Wildman–Crippen LogP) is 3.60. The molecule has 16 heavy (non-hydrogen) atoms. The zero-order chi connectivity index (χ0) is 11.3. The molecule has 1 rings (SSSR count). The fourth-order valence-corrected chi connectivity index (χ4v) is 2.29. The molecular weight excluding hydrogens is 355 g/mol. The summed E-state index contributed by atoms with van der Waals surface area (Å²) in [5.74, 6) is 0. The Balaban J connectivity index is 0.00000225. The minimum atomic E-state index is 0. The number of hydrogen-bond acceptors (Lipinski definition) is 2. The number of hydrogen-bond donors (Lipinski definition) is 1. The maximum atomic E-state index is 5.80. The lowest BCUT2D eigenvalue weighted by atomic mass is 10.1. The zero-order valence-electron chi connectivity index (χ0n) is 9.25. The first-order valence-electron chi connectivity index (χ1n) is 4.92. The second kappa shape index (κ2) is 8.20. The van der Waals surface area contributed by atoms with Crippen molar-refractivity contribution in [2.45, 2.75) is 6.92 Å². The van der Waals surface area contributed by atoms with Crippen LogP contribution in [0, 0.1) is 6.92 Å². The van der Waals surface area contributed by atoms with Gasteiger partial charge in [-0.05, 0) is 30.7 Å². The lowest BCUT2D eigenvalue weighted by Crippen LogP contribution is -2.27. The first-order chi connectivity index (χ1) is 7.19. The number of nitrogen functional groups attached to an aromatic ring is 1. The number of nitrogens with two attached hydrogens (primary N) is 1. The molecule has 0 bridgehead atoms. The van der Waals surface area contributed by atoms with E-state index in [0.717, 1.165) is 35.0 Å². The van der Waals surface area contributed by atoms with Gasteiger partial charge in [0.1, 0.15) is 0 Å². The van der Waals surface area contributed by atoms with Crippen molar-refractivity contribution >= 4 is 55.6 Å². The van der Waals surface area contributed by atoms with Crippen LogP contribution in [0.3, 0.4) is 0 Å². The van der Waals surface area contributed by atoms with Gasteiger partial charge in [0.15, 0.2) is 0 Å². The van der Waals surface area contributed by atoms with Gasteiger partial charge >= 0.3 is 0 Å². The van der Waals surface area contributed by atoms with Gasteiger partial charge in [-0.1, -0.05) is 31.9 Å². The number of halogens is 3. The molecule has 0 aliphatic rings. The summed E-state index contributed by atoms with van der Waals surface area (Å²) in [6.45, 7) is 4.06. The van der Waals surface area contributed by atoms with Gasteiger partial charge in [0.05, 0.1) is 0 Å². The molecule has 0 fully saturated rings. The van der Waals surface area contributed by atoms with Crippen LogP contribution in [0.25, 0.3) is 0 Å².